The maximum Gasteiger partial charge on any atom is 0.232 e. The molecule has 1 aliphatic rings. The Balaban J connectivity index is 1.82. The first-order valence-corrected chi connectivity index (χ1v) is 8.82. The van der Waals surface area contributed by atoms with Gasteiger partial charge in [0, 0.05) is 6.54 Å². The molecule has 23 heavy (non-hydrogen) atoms. The number of carbonyl (C=O) groups excluding carboxylic acids is 1. The topological polar surface area (TPSA) is 40.5 Å². The minimum atomic E-state index is -0.965. The van der Waals surface area contributed by atoms with Crippen LogP contribution in [0.2, 0.25) is 0 Å². The van der Waals surface area contributed by atoms with E-state index in [4.69, 9.17) is 0 Å². The van der Waals surface area contributed by atoms with Gasteiger partial charge in [0.1, 0.15) is 0 Å². The summed E-state index contributed by atoms with van der Waals surface area (Å²) in [5, 5.41) is 10.9. The van der Waals surface area contributed by atoms with Crippen LogP contribution >= 0.6 is 11.8 Å². The quantitative estimate of drug-likeness (QED) is 0.941. The summed E-state index contributed by atoms with van der Waals surface area (Å²) in [5.41, 5.74) is 1.18. The molecule has 2 aromatic rings. The Hall–Kier alpha value is -1.78. The van der Waals surface area contributed by atoms with Gasteiger partial charge < -0.3 is 10.0 Å². The maximum atomic E-state index is 12.5. The first-order valence-electron chi connectivity index (χ1n) is 7.77. The fraction of sp³-hybridized carbons (Fsp3) is 0.316. The van der Waals surface area contributed by atoms with E-state index in [1.54, 1.807) is 4.90 Å². The van der Waals surface area contributed by atoms with Crippen LogP contribution in [0.25, 0.3) is 0 Å². The van der Waals surface area contributed by atoms with Gasteiger partial charge in [0.25, 0.3) is 0 Å². The molecule has 1 fully saturated rings. The molecular weight excluding hydrogens is 306 g/mol. The molecule has 1 aliphatic heterocycles. The Labute approximate surface area is 141 Å². The smallest absolute Gasteiger partial charge is 0.232 e. The maximum absolute atomic E-state index is 12.5. The first kappa shape index (κ1) is 16.1. The van der Waals surface area contributed by atoms with Crippen molar-refractivity contribution in [2.45, 2.75) is 24.3 Å². The molecule has 0 aromatic heterocycles. The van der Waals surface area contributed by atoms with Crippen molar-refractivity contribution in [2.75, 3.05) is 12.3 Å². The van der Waals surface area contributed by atoms with Gasteiger partial charge in [-0.05, 0) is 18.1 Å². The number of hydrogen-bond donors (Lipinski definition) is 1. The molecule has 2 aromatic carbocycles. The van der Waals surface area contributed by atoms with Gasteiger partial charge in [-0.1, -0.05) is 60.7 Å². The van der Waals surface area contributed by atoms with Crippen LogP contribution < -0.4 is 0 Å². The van der Waals surface area contributed by atoms with Crippen molar-refractivity contribution < 1.29 is 9.90 Å². The van der Waals surface area contributed by atoms with E-state index in [1.165, 1.54) is 11.8 Å². The van der Waals surface area contributed by atoms with E-state index in [0.29, 0.717) is 18.8 Å². The predicted molar refractivity (Wildman–Crippen MR) is 94.1 cm³/mol. The lowest BCUT2D eigenvalue weighted by molar-refractivity contribution is -0.131. The van der Waals surface area contributed by atoms with Gasteiger partial charge in [-0.25, -0.2) is 0 Å². The van der Waals surface area contributed by atoms with Crippen molar-refractivity contribution in [3.63, 3.8) is 0 Å². The van der Waals surface area contributed by atoms with E-state index >= 15 is 0 Å². The lowest BCUT2D eigenvalue weighted by Crippen LogP contribution is -2.44. The van der Waals surface area contributed by atoms with Gasteiger partial charge in [-0.2, -0.15) is 0 Å². The van der Waals surface area contributed by atoms with Crippen molar-refractivity contribution in [3.05, 3.63) is 71.8 Å². The lowest BCUT2D eigenvalue weighted by atomic mass is 9.95. The third kappa shape index (κ3) is 3.77. The number of rotatable bonds is 3. The van der Waals surface area contributed by atoms with Gasteiger partial charge in [0.05, 0.1) is 23.1 Å². The number of carbonyl (C=O) groups is 1. The van der Waals surface area contributed by atoms with Crippen LogP contribution in [0.15, 0.2) is 60.7 Å². The predicted octanol–water partition coefficient (Wildman–Crippen LogP) is 3.25. The number of nitrogens with zero attached hydrogens (tertiary/aromatic N) is 1. The minimum absolute atomic E-state index is 0.0811. The summed E-state index contributed by atoms with van der Waals surface area (Å²) in [6.45, 7) is 2.71. The van der Waals surface area contributed by atoms with Crippen molar-refractivity contribution in [1.82, 2.24) is 4.90 Å². The fourth-order valence-electron chi connectivity index (χ4n) is 3.01. The van der Waals surface area contributed by atoms with Gasteiger partial charge >= 0.3 is 0 Å². The zero-order chi connectivity index (χ0) is 16.3. The Morgan fingerprint density at radius 2 is 1.74 bits per heavy atom. The SMILES string of the molecule is C[C@@]1(O)CN(Cc2ccccc2)C(=O)CS[C@@H]1c1ccccc1. The van der Waals surface area contributed by atoms with E-state index in [-0.39, 0.29) is 11.2 Å². The van der Waals surface area contributed by atoms with E-state index in [0.717, 1.165) is 11.1 Å². The van der Waals surface area contributed by atoms with Crippen LogP contribution in [0.5, 0.6) is 0 Å². The van der Waals surface area contributed by atoms with E-state index < -0.39 is 5.60 Å². The molecule has 0 unspecified atom stereocenters. The third-order valence-corrected chi connectivity index (χ3v) is 5.65. The summed E-state index contributed by atoms with van der Waals surface area (Å²) in [7, 11) is 0. The molecule has 1 heterocycles. The zero-order valence-corrected chi connectivity index (χ0v) is 14.0. The highest BCUT2D eigenvalue weighted by Crippen LogP contribution is 2.41. The summed E-state index contributed by atoms with van der Waals surface area (Å²) in [4.78, 5) is 14.2. The molecule has 0 spiro atoms. The molecule has 4 heteroatoms. The Morgan fingerprint density at radius 3 is 2.39 bits per heavy atom. The standard InChI is InChI=1S/C19H21NO2S/c1-19(22)14-20(12-15-8-4-2-5-9-15)17(21)13-23-18(19)16-10-6-3-7-11-16/h2-11,18,22H,12-14H2,1H3/t18-,19-/m1/s1. The first-order chi connectivity index (χ1) is 11.1. The molecule has 1 amide bonds. The molecule has 1 N–H and O–H groups in total. The highest BCUT2D eigenvalue weighted by atomic mass is 32.2. The number of β-amino-alcohol motifs (C(OH)–C–C–N with tert-alkyl or cyclic N) is 1. The second-order valence-electron chi connectivity index (χ2n) is 6.19. The van der Waals surface area contributed by atoms with Crippen LogP contribution in [0, 0.1) is 0 Å². The van der Waals surface area contributed by atoms with E-state index in [9.17, 15) is 9.90 Å². The van der Waals surface area contributed by atoms with Crippen molar-refractivity contribution >= 4 is 17.7 Å². The molecular formula is C19H21NO2S. The van der Waals surface area contributed by atoms with Crippen LogP contribution in [-0.2, 0) is 11.3 Å². The lowest BCUT2D eigenvalue weighted by Gasteiger charge is -2.33. The molecule has 3 rings (SSSR count). The molecule has 3 nitrogen and oxygen atoms in total. The van der Waals surface area contributed by atoms with E-state index in [2.05, 4.69) is 0 Å². The van der Waals surface area contributed by atoms with Gasteiger partial charge in [-0.3, -0.25) is 4.79 Å². The molecule has 0 bridgehead atoms. The zero-order valence-electron chi connectivity index (χ0n) is 13.2. The molecule has 0 saturated carbocycles. The largest absolute Gasteiger partial charge is 0.387 e. The minimum Gasteiger partial charge on any atom is -0.387 e. The van der Waals surface area contributed by atoms with E-state index in [1.807, 2.05) is 67.6 Å². The summed E-state index contributed by atoms with van der Waals surface area (Å²) in [6.07, 6.45) is 0. The van der Waals surface area contributed by atoms with Crippen molar-refractivity contribution in [3.8, 4) is 0 Å². The summed E-state index contributed by atoms with van der Waals surface area (Å²) < 4.78 is 0. The summed E-state index contributed by atoms with van der Waals surface area (Å²) >= 11 is 1.53. The Bertz CT molecular complexity index is 658. The monoisotopic (exact) mass is 327 g/mol. The van der Waals surface area contributed by atoms with Gasteiger partial charge in [0.15, 0.2) is 0 Å². The molecule has 2 atom stereocenters. The number of amides is 1. The fourth-order valence-corrected chi connectivity index (χ4v) is 4.29. The molecule has 120 valence electrons. The number of thioether (sulfide) groups is 1. The third-order valence-electron chi connectivity index (χ3n) is 4.12. The average molecular weight is 327 g/mol. The average Bonchev–Trinajstić information content (AvgIpc) is 2.66. The molecule has 1 saturated heterocycles. The van der Waals surface area contributed by atoms with Crippen LogP contribution in [0.3, 0.4) is 0 Å². The Morgan fingerprint density at radius 1 is 1.13 bits per heavy atom. The number of benzene rings is 2. The van der Waals surface area contributed by atoms with Crippen molar-refractivity contribution in [2.24, 2.45) is 0 Å². The second-order valence-corrected chi connectivity index (χ2v) is 7.29. The van der Waals surface area contributed by atoms with Crippen molar-refractivity contribution in [1.29, 1.82) is 0 Å². The van der Waals surface area contributed by atoms with Gasteiger partial charge in [0.2, 0.25) is 5.91 Å². The normalized spacial score (nSPS) is 25.2. The van der Waals surface area contributed by atoms with Crippen LogP contribution in [-0.4, -0.2) is 33.8 Å². The number of hydrogen-bond acceptors (Lipinski definition) is 3. The summed E-state index contributed by atoms with van der Waals surface area (Å²) in [6, 6.07) is 19.9. The second kappa shape index (κ2) is 6.77. The summed E-state index contributed by atoms with van der Waals surface area (Å²) in [5.74, 6) is 0.472. The molecule has 0 aliphatic carbocycles. The van der Waals surface area contributed by atoms with Crippen LogP contribution in [0.4, 0.5) is 0 Å². The molecule has 0 radical (unpaired) electrons. The number of aliphatic hydroxyl groups is 1. The Kier molecular flexibility index (Phi) is 4.74. The highest BCUT2D eigenvalue weighted by Gasteiger charge is 2.39. The van der Waals surface area contributed by atoms with Gasteiger partial charge in [-0.15, -0.1) is 11.8 Å². The highest BCUT2D eigenvalue weighted by molar-refractivity contribution is 8.00. The van der Waals surface area contributed by atoms with Crippen LogP contribution in [0.1, 0.15) is 23.3 Å².